The van der Waals surface area contributed by atoms with Gasteiger partial charge in [0.15, 0.2) is 0 Å². The second kappa shape index (κ2) is 11.3. The number of carbonyl (C=O) groups is 1. The number of nitrogens with two attached hydrogens (primary N) is 1. The van der Waals surface area contributed by atoms with Crippen molar-refractivity contribution in [1.82, 2.24) is 9.80 Å². The van der Waals surface area contributed by atoms with E-state index in [0.717, 1.165) is 36.4 Å². The molecule has 2 N–H and O–H groups in total. The number of nitrogens with zero attached hydrogens (tertiary/aromatic N) is 2. The van der Waals surface area contributed by atoms with Crippen LogP contribution in [0.5, 0.6) is 5.75 Å². The molecule has 1 saturated heterocycles. The predicted octanol–water partition coefficient (Wildman–Crippen LogP) is 3.71. The normalized spacial score (nSPS) is 18.6. The minimum Gasteiger partial charge on any atom is -0.489 e. The van der Waals surface area contributed by atoms with E-state index in [1.165, 1.54) is 0 Å². The van der Waals surface area contributed by atoms with Crippen molar-refractivity contribution in [3.63, 3.8) is 0 Å². The summed E-state index contributed by atoms with van der Waals surface area (Å²) in [5, 5.41) is 0. The Balaban J connectivity index is 0.00000320. The summed E-state index contributed by atoms with van der Waals surface area (Å²) in [5.41, 5.74) is 8.29. The van der Waals surface area contributed by atoms with E-state index in [9.17, 15) is 4.79 Å². The van der Waals surface area contributed by atoms with E-state index in [2.05, 4.69) is 24.0 Å². The quantitative estimate of drug-likeness (QED) is 0.657. The fourth-order valence-corrected chi connectivity index (χ4v) is 3.75. The van der Waals surface area contributed by atoms with Crippen molar-refractivity contribution < 1.29 is 9.53 Å². The first-order valence-electron chi connectivity index (χ1n) is 10.5. The molecule has 0 bridgehead atoms. The van der Waals surface area contributed by atoms with Gasteiger partial charge in [0.1, 0.15) is 12.4 Å². The number of amides is 1. The third kappa shape index (κ3) is 6.73. The summed E-state index contributed by atoms with van der Waals surface area (Å²) in [6.07, 6.45) is 1.06. The highest BCUT2D eigenvalue weighted by Crippen LogP contribution is 2.28. The Kier molecular flexibility index (Phi) is 9.15. The summed E-state index contributed by atoms with van der Waals surface area (Å²) >= 11 is 0. The summed E-state index contributed by atoms with van der Waals surface area (Å²) in [6.45, 7) is 9.11. The number of hydrogen-bond donors (Lipinski definition) is 1. The van der Waals surface area contributed by atoms with E-state index in [1.807, 2.05) is 54.3 Å². The fraction of sp³-hybridized carbons (Fsp3) is 0.458. The van der Waals surface area contributed by atoms with Gasteiger partial charge in [-0.25, -0.2) is 0 Å². The molecule has 0 aliphatic carbocycles. The van der Waals surface area contributed by atoms with Crippen LogP contribution in [0.2, 0.25) is 0 Å². The molecule has 1 amide bonds. The van der Waals surface area contributed by atoms with Crippen molar-refractivity contribution >= 4 is 18.3 Å². The highest BCUT2D eigenvalue weighted by Gasteiger charge is 2.33. The van der Waals surface area contributed by atoms with Gasteiger partial charge in [-0.2, -0.15) is 0 Å². The van der Waals surface area contributed by atoms with Crippen LogP contribution in [-0.2, 0) is 17.9 Å². The number of likely N-dealkylation sites (tertiary alicyclic amines) is 1. The van der Waals surface area contributed by atoms with Gasteiger partial charge in [-0.05, 0) is 55.1 Å². The average molecular weight is 432 g/mol. The van der Waals surface area contributed by atoms with Gasteiger partial charge in [0.25, 0.3) is 0 Å². The summed E-state index contributed by atoms with van der Waals surface area (Å²) in [7, 11) is 0. The molecular formula is C24H34ClN3O2. The molecule has 6 heteroatoms. The van der Waals surface area contributed by atoms with Crippen molar-refractivity contribution in [2.24, 2.45) is 11.1 Å². The van der Waals surface area contributed by atoms with E-state index in [1.54, 1.807) is 0 Å². The smallest absolute Gasteiger partial charge is 0.237 e. The van der Waals surface area contributed by atoms with Crippen LogP contribution in [0.3, 0.4) is 0 Å². The maximum atomic E-state index is 12.8. The largest absolute Gasteiger partial charge is 0.489 e. The molecule has 3 rings (SSSR count). The molecular weight excluding hydrogens is 398 g/mol. The van der Waals surface area contributed by atoms with Gasteiger partial charge < -0.3 is 15.4 Å². The number of ether oxygens (including phenoxy) is 1. The number of benzene rings is 2. The lowest BCUT2D eigenvalue weighted by Crippen LogP contribution is -2.40. The monoisotopic (exact) mass is 431 g/mol. The van der Waals surface area contributed by atoms with E-state index >= 15 is 0 Å². The van der Waals surface area contributed by atoms with Crippen molar-refractivity contribution in [1.29, 1.82) is 0 Å². The van der Waals surface area contributed by atoms with E-state index in [-0.39, 0.29) is 23.7 Å². The minimum absolute atomic E-state index is 0. The van der Waals surface area contributed by atoms with Crippen LogP contribution in [0.4, 0.5) is 0 Å². The first-order valence-corrected chi connectivity index (χ1v) is 10.5. The van der Waals surface area contributed by atoms with E-state index < -0.39 is 0 Å². The lowest BCUT2D eigenvalue weighted by atomic mass is 9.90. The summed E-state index contributed by atoms with van der Waals surface area (Å²) in [6, 6.07) is 18.2. The van der Waals surface area contributed by atoms with Crippen molar-refractivity contribution in [3.05, 3.63) is 65.7 Å². The Morgan fingerprint density at radius 2 is 1.83 bits per heavy atom. The first kappa shape index (κ1) is 24.2. The molecule has 0 spiro atoms. The maximum Gasteiger partial charge on any atom is 0.237 e. The zero-order valence-corrected chi connectivity index (χ0v) is 18.9. The Morgan fingerprint density at radius 1 is 1.13 bits per heavy atom. The molecule has 2 aromatic rings. The second-order valence-corrected chi connectivity index (χ2v) is 8.30. The Bertz CT molecular complexity index is 785. The zero-order chi connectivity index (χ0) is 20.7. The van der Waals surface area contributed by atoms with Crippen LogP contribution in [0.15, 0.2) is 54.6 Å². The van der Waals surface area contributed by atoms with Crippen LogP contribution >= 0.6 is 12.4 Å². The summed E-state index contributed by atoms with van der Waals surface area (Å²) < 4.78 is 5.85. The first-order chi connectivity index (χ1) is 14.0. The maximum absolute atomic E-state index is 12.8. The highest BCUT2D eigenvalue weighted by atomic mass is 35.5. The van der Waals surface area contributed by atoms with Gasteiger partial charge in [-0.15, -0.1) is 12.4 Å². The summed E-state index contributed by atoms with van der Waals surface area (Å²) in [4.78, 5) is 16.9. The average Bonchev–Trinajstić information content (AvgIpc) is 3.13. The van der Waals surface area contributed by atoms with Gasteiger partial charge in [-0.3, -0.25) is 9.69 Å². The Labute approximate surface area is 186 Å². The molecule has 1 aliphatic heterocycles. The van der Waals surface area contributed by atoms with Gasteiger partial charge in [0, 0.05) is 19.6 Å². The Morgan fingerprint density at radius 3 is 2.43 bits per heavy atom. The van der Waals surface area contributed by atoms with Gasteiger partial charge in [0.05, 0.1) is 6.54 Å². The minimum atomic E-state index is 0. The third-order valence-electron chi connectivity index (χ3n) is 5.77. The van der Waals surface area contributed by atoms with Crippen LogP contribution in [-0.4, -0.2) is 48.4 Å². The summed E-state index contributed by atoms with van der Waals surface area (Å²) in [5.74, 6) is 1.02. The van der Waals surface area contributed by atoms with Crippen molar-refractivity contribution in [3.8, 4) is 5.75 Å². The van der Waals surface area contributed by atoms with Gasteiger partial charge >= 0.3 is 0 Å². The van der Waals surface area contributed by atoms with Crippen LogP contribution in [0.1, 0.15) is 31.4 Å². The number of halogens is 1. The lowest BCUT2D eigenvalue weighted by Gasteiger charge is -2.26. The lowest BCUT2D eigenvalue weighted by molar-refractivity contribution is -0.132. The SMILES string of the molecule is CCN(Cc1ccc(OCc2ccccc2)cc1)C(=O)CN1CCC(C)(CN)C1.Cl. The second-order valence-electron chi connectivity index (χ2n) is 8.30. The molecule has 30 heavy (non-hydrogen) atoms. The standard InChI is InChI=1S/C24H33N3O2.ClH/c1-3-27(23(28)16-26-14-13-24(2,18-25)19-26)15-20-9-11-22(12-10-20)29-17-21-7-5-4-6-8-21;/h4-12H,3,13-19,25H2,1-2H3;1H. The number of rotatable bonds is 9. The molecule has 1 heterocycles. The van der Waals surface area contributed by atoms with Crippen LogP contribution in [0.25, 0.3) is 0 Å². The molecule has 0 saturated carbocycles. The topological polar surface area (TPSA) is 58.8 Å². The van der Waals surface area contributed by atoms with Gasteiger partial charge in [-0.1, -0.05) is 49.4 Å². The molecule has 0 aromatic heterocycles. The number of hydrogen-bond acceptors (Lipinski definition) is 4. The van der Waals surface area contributed by atoms with Crippen molar-refractivity contribution in [2.45, 2.75) is 33.4 Å². The number of likely N-dealkylation sites (N-methyl/N-ethyl adjacent to an activating group) is 1. The van der Waals surface area contributed by atoms with Gasteiger partial charge in [0.2, 0.25) is 5.91 Å². The van der Waals surface area contributed by atoms with E-state index in [0.29, 0.717) is 32.8 Å². The highest BCUT2D eigenvalue weighted by molar-refractivity contribution is 5.85. The molecule has 1 atom stereocenters. The van der Waals surface area contributed by atoms with Crippen molar-refractivity contribution in [2.75, 3.05) is 32.7 Å². The third-order valence-corrected chi connectivity index (χ3v) is 5.77. The van der Waals surface area contributed by atoms with Crippen LogP contribution < -0.4 is 10.5 Å². The Hall–Kier alpha value is -2.08. The molecule has 2 aromatic carbocycles. The molecule has 164 valence electrons. The molecule has 1 aliphatic rings. The van der Waals surface area contributed by atoms with Crippen LogP contribution in [0, 0.1) is 5.41 Å². The number of carbonyl (C=O) groups excluding carboxylic acids is 1. The predicted molar refractivity (Wildman–Crippen MR) is 124 cm³/mol. The van der Waals surface area contributed by atoms with E-state index in [4.69, 9.17) is 10.5 Å². The molecule has 1 fully saturated rings. The molecule has 1 unspecified atom stereocenters. The zero-order valence-electron chi connectivity index (χ0n) is 18.0. The fourth-order valence-electron chi connectivity index (χ4n) is 3.75. The molecule has 0 radical (unpaired) electrons. The molecule has 5 nitrogen and oxygen atoms in total.